The van der Waals surface area contributed by atoms with E-state index in [2.05, 4.69) is 54.9 Å². The molecule has 3 saturated heterocycles. The van der Waals surface area contributed by atoms with Crippen molar-refractivity contribution in [3.05, 3.63) is 54.1 Å². The van der Waals surface area contributed by atoms with Gasteiger partial charge in [-0.1, -0.05) is 49.5 Å². The summed E-state index contributed by atoms with van der Waals surface area (Å²) in [5.74, 6) is 1.28. The van der Waals surface area contributed by atoms with Gasteiger partial charge in [0.2, 0.25) is 11.8 Å². The SMILES string of the molecule is COc1ccc([Si](C)(C)[C@@H]2[C@@H](C)[C@@H](CCc3ccc(NC(=O)[C@H]4CCCN4)cc3)O[C@H]2CC(=O)N2CCC[C@H]2CO)cc1. The van der Waals surface area contributed by atoms with Crippen molar-refractivity contribution in [2.45, 2.75) is 94.8 Å². The van der Waals surface area contributed by atoms with Crippen LogP contribution in [0.3, 0.4) is 0 Å². The summed E-state index contributed by atoms with van der Waals surface area (Å²) in [4.78, 5) is 27.9. The van der Waals surface area contributed by atoms with Crippen molar-refractivity contribution >= 4 is 30.8 Å². The molecule has 0 bridgehead atoms. The number of methoxy groups -OCH3 is 1. The number of hydrogen-bond donors (Lipinski definition) is 3. The maximum absolute atomic E-state index is 13.5. The first-order valence-corrected chi connectivity index (χ1v) is 19.1. The lowest BCUT2D eigenvalue weighted by molar-refractivity contribution is -0.135. The number of hydrogen-bond acceptors (Lipinski definition) is 6. The third kappa shape index (κ3) is 7.17. The van der Waals surface area contributed by atoms with Gasteiger partial charge in [0.15, 0.2) is 0 Å². The predicted octanol–water partition coefficient (Wildman–Crippen LogP) is 4.08. The molecular weight excluding hydrogens is 558 g/mol. The van der Waals surface area contributed by atoms with E-state index in [-0.39, 0.29) is 48.3 Å². The highest BCUT2D eigenvalue weighted by atomic mass is 28.3. The zero-order valence-corrected chi connectivity index (χ0v) is 27.2. The molecule has 3 aliphatic rings. The van der Waals surface area contributed by atoms with E-state index in [1.807, 2.05) is 29.2 Å². The average Bonchev–Trinajstić information content (AvgIpc) is 3.78. The maximum Gasteiger partial charge on any atom is 0.241 e. The summed E-state index contributed by atoms with van der Waals surface area (Å²) in [7, 11) is -0.384. The number of amides is 2. The molecule has 0 aromatic heterocycles. The number of aliphatic hydroxyl groups is 1. The Balaban J connectivity index is 1.28. The van der Waals surface area contributed by atoms with Crippen molar-refractivity contribution < 1.29 is 24.2 Å². The molecule has 0 spiro atoms. The Morgan fingerprint density at radius 2 is 1.81 bits per heavy atom. The molecule has 2 amide bonds. The lowest BCUT2D eigenvalue weighted by Crippen LogP contribution is -2.51. The second-order valence-corrected chi connectivity index (χ2v) is 17.9. The van der Waals surface area contributed by atoms with Crippen molar-refractivity contribution in [3.63, 3.8) is 0 Å². The van der Waals surface area contributed by atoms with Gasteiger partial charge in [0.05, 0.1) is 52.5 Å². The Kier molecular flexibility index (Phi) is 10.3. The van der Waals surface area contributed by atoms with Crippen LogP contribution in [0.5, 0.6) is 5.75 Å². The van der Waals surface area contributed by atoms with E-state index in [1.54, 1.807) is 7.11 Å². The Bertz CT molecular complexity index is 1230. The summed E-state index contributed by atoms with van der Waals surface area (Å²) in [6.45, 7) is 8.74. The number of rotatable bonds is 11. The number of benzene rings is 2. The highest BCUT2D eigenvalue weighted by Crippen LogP contribution is 2.46. The number of anilines is 1. The highest BCUT2D eigenvalue weighted by Gasteiger charge is 2.51. The molecule has 0 unspecified atom stereocenters. The van der Waals surface area contributed by atoms with Crippen LogP contribution in [-0.2, 0) is 20.7 Å². The number of aryl methyl sites for hydroxylation is 1. The summed E-state index contributed by atoms with van der Waals surface area (Å²) in [5.41, 5.74) is 2.30. The molecule has 5 rings (SSSR count). The third-order valence-electron chi connectivity index (χ3n) is 10.2. The first-order valence-electron chi connectivity index (χ1n) is 16.0. The zero-order valence-electron chi connectivity index (χ0n) is 26.2. The van der Waals surface area contributed by atoms with Crippen molar-refractivity contribution in [1.29, 1.82) is 0 Å². The number of carbonyl (C=O) groups is 2. The van der Waals surface area contributed by atoms with Gasteiger partial charge >= 0.3 is 0 Å². The van der Waals surface area contributed by atoms with Crippen LogP contribution in [0.1, 0.15) is 51.0 Å². The summed E-state index contributed by atoms with van der Waals surface area (Å²) >= 11 is 0. The molecule has 3 aliphatic heterocycles. The molecule has 2 aromatic carbocycles. The Morgan fingerprint density at radius 1 is 1.07 bits per heavy atom. The second kappa shape index (κ2) is 13.9. The highest BCUT2D eigenvalue weighted by molar-refractivity contribution is 6.91. The van der Waals surface area contributed by atoms with Gasteiger partial charge in [0, 0.05) is 12.2 Å². The van der Waals surface area contributed by atoms with Crippen LogP contribution in [0.4, 0.5) is 5.69 Å². The van der Waals surface area contributed by atoms with Crippen LogP contribution < -0.4 is 20.6 Å². The molecule has 234 valence electrons. The molecule has 0 radical (unpaired) electrons. The van der Waals surface area contributed by atoms with Crippen molar-refractivity contribution in [2.24, 2.45) is 5.92 Å². The van der Waals surface area contributed by atoms with Crippen LogP contribution in [-0.4, -0.2) is 81.0 Å². The van der Waals surface area contributed by atoms with Crippen molar-refractivity contribution in [2.75, 3.05) is 32.1 Å². The monoisotopic (exact) mass is 607 g/mol. The molecular formula is C34H49N3O5Si. The van der Waals surface area contributed by atoms with Crippen LogP contribution in [0.15, 0.2) is 48.5 Å². The minimum Gasteiger partial charge on any atom is -0.497 e. The van der Waals surface area contributed by atoms with Gasteiger partial charge in [-0.3, -0.25) is 9.59 Å². The number of carbonyl (C=O) groups excluding carboxylic acids is 2. The van der Waals surface area contributed by atoms with E-state index in [9.17, 15) is 14.7 Å². The normalized spacial score (nSPS) is 27.4. The Labute approximate surface area is 257 Å². The first-order chi connectivity index (χ1) is 20.7. The second-order valence-electron chi connectivity index (χ2n) is 13.2. The average molecular weight is 608 g/mol. The van der Waals surface area contributed by atoms with Crippen molar-refractivity contribution in [3.8, 4) is 5.75 Å². The molecule has 3 fully saturated rings. The number of aliphatic hydroxyl groups excluding tert-OH is 1. The van der Waals surface area contributed by atoms with Crippen LogP contribution in [0.25, 0.3) is 0 Å². The Hall–Kier alpha value is -2.72. The summed E-state index contributed by atoms with van der Waals surface area (Å²) in [5, 5.41) is 17.5. The van der Waals surface area contributed by atoms with Gasteiger partial charge in [-0.25, -0.2) is 0 Å². The molecule has 3 heterocycles. The van der Waals surface area contributed by atoms with Crippen molar-refractivity contribution in [1.82, 2.24) is 10.2 Å². The largest absolute Gasteiger partial charge is 0.497 e. The van der Waals surface area contributed by atoms with E-state index < -0.39 is 8.07 Å². The van der Waals surface area contributed by atoms with Gasteiger partial charge in [0.1, 0.15) is 5.75 Å². The number of nitrogens with one attached hydrogen (secondary N) is 2. The summed E-state index contributed by atoms with van der Waals surface area (Å²) in [6, 6.07) is 16.4. The smallest absolute Gasteiger partial charge is 0.241 e. The quantitative estimate of drug-likeness (QED) is 0.333. The van der Waals surface area contributed by atoms with E-state index in [0.29, 0.717) is 18.9 Å². The lowest BCUT2D eigenvalue weighted by Gasteiger charge is -2.36. The molecule has 0 aliphatic carbocycles. The fourth-order valence-electron chi connectivity index (χ4n) is 7.69. The molecule has 43 heavy (non-hydrogen) atoms. The summed E-state index contributed by atoms with van der Waals surface area (Å²) in [6.07, 6.45) is 5.72. The molecule has 3 N–H and O–H groups in total. The lowest BCUT2D eigenvalue weighted by atomic mass is 9.95. The van der Waals surface area contributed by atoms with Crippen LogP contribution in [0.2, 0.25) is 18.6 Å². The minimum absolute atomic E-state index is 0.0196. The van der Waals surface area contributed by atoms with E-state index in [4.69, 9.17) is 9.47 Å². The minimum atomic E-state index is -2.07. The predicted molar refractivity (Wildman–Crippen MR) is 173 cm³/mol. The standard InChI is InChI=1S/C34H49N3O5Si/c1-23-30(18-11-24-9-12-25(13-10-24)36-34(40)29-8-5-19-35-29)42-31(21-32(39)37-20-6-7-26(37)22-38)33(23)43(3,4)28-16-14-27(41-2)15-17-28/h9-10,12-17,23,26,29-31,33,35,38H,5-8,11,18-22H2,1-4H3,(H,36,40)/t23-,26-,29+,30+,31-,33+/m0/s1. The molecule has 8 nitrogen and oxygen atoms in total. The van der Waals surface area contributed by atoms with Gasteiger partial charge in [-0.15, -0.1) is 0 Å². The van der Waals surface area contributed by atoms with E-state index >= 15 is 0 Å². The number of nitrogens with zero attached hydrogens (tertiary/aromatic N) is 1. The fraction of sp³-hybridized carbons (Fsp3) is 0.588. The summed E-state index contributed by atoms with van der Waals surface area (Å²) < 4.78 is 12.2. The third-order valence-corrected chi connectivity index (χ3v) is 14.6. The molecule has 6 atom stereocenters. The van der Waals surface area contributed by atoms with E-state index in [0.717, 1.165) is 56.5 Å². The van der Waals surface area contributed by atoms with Gasteiger partial charge < -0.3 is 30.1 Å². The van der Waals surface area contributed by atoms with Gasteiger partial charge in [-0.05, 0) is 86.4 Å². The zero-order chi connectivity index (χ0) is 30.6. The van der Waals surface area contributed by atoms with E-state index in [1.165, 1.54) is 10.8 Å². The topological polar surface area (TPSA) is 100 Å². The maximum atomic E-state index is 13.5. The Morgan fingerprint density at radius 3 is 2.47 bits per heavy atom. The molecule has 0 saturated carbocycles. The first kappa shape index (κ1) is 31.7. The number of likely N-dealkylation sites (tertiary alicyclic amines) is 1. The molecule has 2 aromatic rings. The fourth-order valence-corrected chi connectivity index (χ4v) is 11.8. The van der Waals surface area contributed by atoms with Gasteiger partial charge in [-0.2, -0.15) is 0 Å². The van der Waals surface area contributed by atoms with Crippen LogP contribution >= 0.6 is 0 Å². The van der Waals surface area contributed by atoms with Crippen LogP contribution in [0, 0.1) is 5.92 Å². The van der Waals surface area contributed by atoms with Gasteiger partial charge in [0.25, 0.3) is 0 Å². The molecule has 9 heteroatoms. The number of ether oxygens (including phenoxy) is 2.